The van der Waals surface area contributed by atoms with Gasteiger partial charge in [-0.15, -0.1) is 21.5 Å². The SMILES string of the molecule is COc1ccc2c(C(=O)NCCOCCOCCNC(=O)C[C@@H]3N=C(c4ccc(Cl)cc4)c4c(sc(C)c4C)-n4c(C)nnc43)c(C(=O)N3CCN(C(=O)[C@@H](NC(=O)[C@H](C)N(C)C(=O)OC(C)(C)C)C4CCCCC4)CC3)n(C)c2c1. The molecule has 23 heteroatoms. The highest BCUT2D eigenvalue weighted by molar-refractivity contribution is 7.15. The van der Waals surface area contributed by atoms with E-state index >= 15 is 0 Å². The fourth-order valence-electron chi connectivity index (χ4n) is 10.6. The lowest BCUT2D eigenvalue weighted by Crippen LogP contribution is -2.60. The van der Waals surface area contributed by atoms with Gasteiger partial charge in [0.05, 0.1) is 56.7 Å². The molecule has 0 unspecified atom stereocenters. The van der Waals surface area contributed by atoms with Gasteiger partial charge in [-0.2, -0.15) is 0 Å². The molecular formula is C58H76ClN11O10S. The topological polar surface area (TPSA) is 233 Å². The van der Waals surface area contributed by atoms with Gasteiger partial charge in [-0.05, 0) is 97.1 Å². The third kappa shape index (κ3) is 13.9. The second kappa shape index (κ2) is 26.4. The van der Waals surface area contributed by atoms with E-state index in [1.165, 1.54) is 11.9 Å². The van der Waals surface area contributed by atoms with Crippen LogP contribution in [0.3, 0.4) is 0 Å². The molecule has 3 N–H and O–H groups in total. The standard InChI is InChI=1S/C58H76ClN11O10S/c1-34-36(3)81-56-46(34)48(39-16-18-40(59)19-17-39)62-43(51-65-64-37(4)70(51)56)33-45(71)60-22-28-78-30-31-79-29-23-61-53(73)47-42-21-20-41(77-10)32-44(42)67(9)50(47)55(75)69-26-24-68(25-27-69)54(74)49(38-14-12-11-13-15-38)63-52(72)35(2)66(8)57(76)80-58(5,6)7/h16-21,32,35,38,43,49H,11-15,22-31,33H2,1-10H3,(H,60,71)(H,61,73)(H,63,72)/t35-,43-,49-/m0/s1. The highest BCUT2D eigenvalue weighted by Crippen LogP contribution is 2.40. The monoisotopic (exact) mass is 1150 g/mol. The number of aliphatic imine (C=N–C) groups is 1. The molecule has 8 rings (SSSR count). The largest absolute Gasteiger partial charge is 0.497 e. The molecule has 5 heterocycles. The molecule has 1 saturated heterocycles. The van der Waals surface area contributed by atoms with Gasteiger partial charge >= 0.3 is 6.09 Å². The van der Waals surface area contributed by atoms with Crippen molar-refractivity contribution >= 4 is 75.2 Å². The zero-order valence-electron chi connectivity index (χ0n) is 48.1. The molecule has 0 radical (unpaired) electrons. The Morgan fingerprint density at radius 3 is 2.17 bits per heavy atom. The van der Waals surface area contributed by atoms with Crippen LogP contribution in [0.25, 0.3) is 15.9 Å². The number of nitrogens with zero attached hydrogens (tertiary/aromatic N) is 8. The molecule has 21 nitrogen and oxygen atoms in total. The molecular weight excluding hydrogens is 1080 g/mol. The maximum Gasteiger partial charge on any atom is 0.410 e. The number of likely N-dealkylation sites (N-methyl/N-ethyl adjacent to an activating group) is 1. The number of benzene rings is 2. The van der Waals surface area contributed by atoms with E-state index in [4.69, 9.17) is 35.5 Å². The number of rotatable bonds is 20. The van der Waals surface area contributed by atoms with Crippen LogP contribution in [0.1, 0.15) is 126 Å². The minimum atomic E-state index is -0.897. The first-order valence-corrected chi connectivity index (χ1v) is 28.9. The van der Waals surface area contributed by atoms with Gasteiger partial charge in [0.15, 0.2) is 5.82 Å². The molecule has 2 aromatic carbocycles. The molecule has 0 bridgehead atoms. The van der Waals surface area contributed by atoms with Gasteiger partial charge in [0.2, 0.25) is 17.7 Å². The second-order valence-corrected chi connectivity index (χ2v) is 23.5. The summed E-state index contributed by atoms with van der Waals surface area (Å²) in [6.07, 6.45) is 3.90. The second-order valence-electron chi connectivity index (χ2n) is 21.9. The first-order chi connectivity index (χ1) is 38.7. The third-order valence-corrected chi connectivity index (χ3v) is 16.7. The van der Waals surface area contributed by atoms with Crippen molar-refractivity contribution in [2.75, 3.05) is 79.9 Å². The number of ether oxygens (including phenoxy) is 4. The highest BCUT2D eigenvalue weighted by Gasteiger charge is 2.39. The Hall–Kier alpha value is -6.88. The summed E-state index contributed by atoms with van der Waals surface area (Å²) in [5, 5.41) is 19.9. The molecule has 3 aliphatic rings. The normalized spacial score (nSPS) is 16.4. The zero-order valence-corrected chi connectivity index (χ0v) is 49.7. The summed E-state index contributed by atoms with van der Waals surface area (Å²) in [5.41, 5.74) is 4.03. The van der Waals surface area contributed by atoms with Crippen molar-refractivity contribution in [3.8, 4) is 10.8 Å². The van der Waals surface area contributed by atoms with E-state index in [1.807, 2.05) is 35.8 Å². The average Bonchev–Trinajstić information content (AvgIpc) is 3.18. The van der Waals surface area contributed by atoms with Crippen molar-refractivity contribution in [2.24, 2.45) is 18.0 Å². The lowest BCUT2D eigenvalue weighted by Gasteiger charge is -2.39. The minimum absolute atomic E-state index is 0.0449. The van der Waals surface area contributed by atoms with Crippen LogP contribution in [0.15, 0.2) is 47.5 Å². The molecule has 1 aliphatic carbocycles. The molecule has 81 heavy (non-hydrogen) atoms. The van der Waals surface area contributed by atoms with Crippen molar-refractivity contribution in [3.63, 3.8) is 0 Å². The van der Waals surface area contributed by atoms with Crippen molar-refractivity contribution < 1.29 is 47.7 Å². The Morgan fingerprint density at radius 1 is 0.864 bits per heavy atom. The number of aryl methyl sites for hydroxylation is 3. The lowest BCUT2D eigenvalue weighted by molar-refractivity contribution is -0.140. The van der Waals surface area contributed by atoms with Crippen molar-refractivity contribution in [3.05, 3.63) is 92.0 Å². The number of carbonyl (C=O) groups excluding carboxylic acids is 6. The van der Waals surface area contributed by atoms with E-state index in [1.54, 1.807) is 85.8 Å². The van der Waals surface area contributed by atoms with Gasteiger partial charge in [0.1, 0.15) is 46.0 Å². The molecule has 6 amide bonds. The number of piperazine rings is 1. The molecule has 436 valence electrons. The number of hydrogen-bond donors (Lipinski definition) is 3. The summed E-state index contributed by atoms with van der Waals surface area (Å²) < 4.78 is 26.3. The quantitative estimate of drug-likeness (QED) is 0.0678. The first-order valence-electron chi connectivity index (χ1n) is 27.7. The smallest absolute Gasteiger partial charge is 0.410 e. The van der Waals surface area contributed by atoms with Gasteiger partial charge in [0, 0.05) is 85.8 Å². The Bertz CT molecular complexity index is 3150. The summed E-state index contributed by atoms with van der Waals surface area (Å²) in [6, 6.07) is 10.5. The van der Waals surface area contributed by atoms with Crippen LogP contribution in [-0.2, 0) is 35.6 Å². The van der Waals surface area contributed by atoms with Gasteiger partial charge < -0.3 is 49.3 Å². The number of hydrogen-bond acceptors (Lipinski definition) is 14. The number of amides is 6. The number of halogens is 1. The Morgan fingerprint density at radius 2 is 1.52 bits per heavy atom. The van der Waals surface area contributed by atoms with Crippen LogP contribution in [0.4, 0.5) is 4.79 Å². The van der Waals surface area contributed by atoms with E-state index in [0.717, 1.165) is 64.4 Å². The van der Waals surface area contributed by atoms with Crippen molar-refractivity contribution in [2.45, 2.75) is 111 Å². The lowest BCUT2D eigenvalue weighted by atomic mass is 9.83. The average molecular weight is 1150 g/mol. The molecule has 3 atom stereocenters. The molecule has 3 aromatic heterocycles. The van der Waals surface area contributed by atoms with Crippen LogP contribution in [-0.4, -0.2) is 173 Å². The predicted molar refractivity (Wildman–Crippen MR) is 309 cm³/mol. The fraction of sp³-hybridized carbons (Fsp3) is 0.534. The predicted octanol–water partition coefficient (Wildman–Crippen LogP) is 6.87. The van der Waals surface area contributed by atoms with E-state index in [2.05, 4.69) is 40.0 Å². The van der Waals surface area contributed by atoms with E-state index in [0.29, 0.717) is 33.3 Å². The summed E-state index contributed by atoms with van der Waals surface area (Å²) in [5.74, 6) is 0.0614. The Labute approximate surface area is 482 Å². The van der Waals surface area contributed by atoms with Crippen molar-refractivity contribution in [1.29, 1.82) is 0 Å². The third-order valence-electron chi connectivity index (χ3n) is 15.3. The van der Waals surface area contributed by atoms with Gasteiger partial charge in [0.25, 0.3) is 11.8 Å². The summed E-state index contributed by atoms with van der Waals surface area (Å²) in [7, 11) is 4.78. The number of carbonyl (C=O) groups is 6. The fourth-order valence-corrected chi connectivity index (χ4v) is 11.9. The maximum atomic E-state index is 14.6. The van der Waals surface area contributed by atoms with Crippen LogP contribution in [0, 0.1) is 26.7 Å². The number of fused-ring (bicyclic) bond motifs is 4. The Kier molecular flexibility index (Phi) is 19.6. The van der Waals surface area contributed by atoms with Crippen LogP contribution >= 0.6 is 22.9 Å². The molecule has 1 saturated carbocycles. The first kappa shape index (κ1) is 60.2. The number of thiophene rings is 1. The van der Waals surface area contributed by atoms with E-state index < -0.39 is 41.6 Å². The van der Waals surface area contributed by atoms with Gasteiger partial charge in [-0.25, -0.2) is 4.79 Å². The maximum absolute atomic E-state index is 14.6. The van der Waals surface area contributed by atoms with Crippen molar-refractivity contribution in [1.82, 2.24) is 50.0 Å². The van der Waals surface area contributed by atoms with E-state index in [-0.39, 0.29) is 107 Å². The van der Waals surface area contributed by atoms with E-state index in [9.17, 15) is 28.8 Å². The summed E-state index contributed by atoms with van der Waals surface area (Å²) in [6.45, 7) is 15.1. The summed E-state index contributed by atoms with van der Waals surface area (Å²) in [4.78, 5) is 93.9. The van der Waals surface area contributed by atoms with Crippen LogP contribution in [0.5, 0.6) is 5.75 Å². The van der Waals surface area contributed by atoms with Gasteiger partial charge in [-0.3, -0.25) is 38.4 Å². The van der Waals surface area contributed by atoms with Gasteiger partial charge in [-0.1, -0.05) is 43.0 Å². The number of nitrogens with one attached hydrogen (secondary N) is 3. The molecule has 2 fully saturated rings. The molecule has 5 aromatic rings. The summed E-state index contributed by atoms with van der Waals surface area (Å²) >= 11 is 7.91. The number of methoxy groups -OCH3 is 1. The minimum Gasteiger partial charge on any atom is -0.497 e. The van der Waals surface area contributed by atoms with Crippen LogP contribution < -0.4 is 20.7 Å². The number of aromatic nitrogens is 4. The highest BCUT2D eigenvalue weighted by atomic mass is 35.5. The Balaban J connectivity index is 0.818. The van der Waals surface area contributed by atoms with Crippen LogP contribution in [0.2, 0.25) is 5.02 Å². The molecule has 0 spiro atoms. The zero-order chi connectivity index (χ0) is 58.3. The molecule has 2 aliphatic heterocycles.